The summed E-state index contributed by atoms with van der Waals surface area (Å²) >= 11 is 0. The summed E-state index contributed by atoms with van der Waals surface area (Å²) in [6.07, 6.45) is 1.24. The van der Waals surface area contributed by atoms with Crippen LogP contribution in [0.4, 0.5) is 4.79 Å². The van der Waals surface area contributed by atoms with Crippen LogP contribution in [-0.4, -0.2) is 61.3 Å². The molecule has 2 heterocycles. The number of nitrogens with zero attached hydrogens (tertiary/aromatic N) is 2. The van der Waals surface area contributed by atoms with E-state index >= 15 is 0 Å². The van der Waals surface area contributed by atoms with Crippen LogP contribution in [0, 0.1) is 34.0 Å². The number of Topliss-reactive ketones (excluding diaryl/α,β-unsaturated/α-hetero) is 1. The first-order chi connectivity index (χ1) is 18.8. The highest BCUT2D eigenvalue weighted by Gasteiger charge is 2.70. The average molecular weight is 555 g/mol. The zero-order valence-electron chi connectivity index (χ0n) is 23.6. The number of aromatic nitrogens is 3. The first-order valence-electron chi connectivity index (χ1n) is 14.0. The molecule has 0 radical (unpaired) electrons. The maximum absolute atomic E-state index is 13.6. The van der Waals surface area contributed by atoms with Gasteiger partial charge in [-0.1, -0.05) is 34.6 Å². The van der Waals surface area contributed by atoms with E-state index in [1.807, 2.05) is 34.6 Å². The van der Waals surface area contributed by atoms with Gasteiger partial charge in [0.2, 0.25) is 0 Å². The van der Waals surface area contributed by atoms with Crippen LogP contribution in [-0.2, 0) is 9.53 Å². The molecule has 3 aliphatic rings. The summed E-state index contributed by atoms with van der Waals surface area (Å²) in [5.74, 6) is -1.87. The Kier molecular flexibility index (Phi) is 6.89. The second-order valence-electron chi connectivity index (χ2n) is 12.7. The maximum Gasteiger partial charge on any atom is 0.414 e. The molecule has 0 spiro atoms. The average Bonchev–Trinajstić information content (AvgIpc) is 3.19. The first-order valence-corrected chi connectivity index (χ1v) is 14.0. The lowest BCUT2D eigenvalue weighted by atomic mass is 9.43. The number of ether oxygens (including phenoxy) is 1. The molecule has 11 heteroatoms. The van der Waals surface area contributed by atoms with Crippen molar-refractivity contribution in [3.8, 4) is 0 Å². The Morgan fingerprint density at radius 2 is 1.88 bits per heavy atom. The fourth-order valence-corrected chi connectivity index (χ4v) is 8.06. The molecule has 4 N–H and O–H groups in total. The number of imide groups is 1. The van der Waals surface area contributed by atoms with Crippen LogP contribution < -0.4 is 10.9 Å². The van der Waals surface area contributed by atoms with Gasteiger partial charge in [0.25, 0.3) is 11.5 Å². The van der Waals surface area contributed by atoms with Crippen LogP contribution in [0.1, 0.15) is 77.1 Å². The Bertz CT molecular complexity index is 1430. The smallest absolute Gasteiger partial charge is 0.414 e. The van der Waals surface area contributed by atoms with Crippen LogP contribution in [0.25, 0.3) is 11.2 Å². The minimum Gasteiger partial charge on any atom is -0.445 e. The highest BCUT2D eigenvalue weighted by molar-refractivity contribution is 6.03. The molecule has 2 aromatic rings. The van der Waals surface area contributed by atoms with Crippen molar-refractivity contribution in [3.63, 3.8) is 0 Å². The van der Waals surface area contributed by atoms with Gasteiger partial charge in [0.15, 0.2) is 11.4 Å². The van der Waals surface area contributed by atoms with Gasteiger partial charge in [0, 0.05) is 17.5 Å². The zero-order valence-corrected chi connectivity index (χ0v) is 23.6. The third kappa shape index (κ3) is 4.16. The molecule has 0 aromatic carbocycles. The van der Waals surface area contributed by atoms with Gasteiger partial charge < -0.3 is 19.9 Å². The third-order valence-corrected chi connectivity index (χ3v) is 10.9. The van der Waals surface area contributed by atoms with Gasteiger partial charge in [0.05, 0.1) is 17.9 Å². The molecule has 0 aliphatic heterocycles. The molecule has 9 atom stereocenters. The van der Waals surface area contributed by atoms with E-state index in [1.165, 1.54) is 12.3 Å². The highest BCUT2D eigenvalue weighted by Crippen LogP contribution is 2.68. The lowest BCUT2D eigenvalue weighted by Gasteiger charge is -2.61. The van der Waals surface area contributed by atoms with Crippen molar-refractivity contribution in [1.82, 2.24) is 20.3 Å². The van der Waals surface area contributed by atoms with Crippen molar-refractivity contribution in [3.05, 3.63) is 34.4 Å². The van der Waals surface area contributed by atoms with Crippen LogP contribution in [0.15, 0.2) is 23.3 Å². The molecule has 2 amide bonds. The molecule has 216 valence electrons. The SMILES string of the molecule is CC[C@]1(C)CC(OC(=O)NC(=O)c2cnc3[nH]c(=O)cnc3c2)[C@]2(C)C(C)CC[C@]3(C[C@H](O)C(=O)C23)[C@@H](C)[C@@H]1O. The van der Waals surface area contributed by atoms with Crippen LogP contribution in [0.2, 0.25) is 0 Å². The number of H-pyrrole nitrogens is 1. The maximum atomic E-state index is 13.6. The Balaban J connectivity index is 1.48. The number of pyridine rings is 1. The number of hydrogen-bond acceptors (Lipinski definition) is 9. The Morgan fingerprint density at radius 3 is 2.58 bits per heavy atom. The third-order valence-electron chi connectivity index (χ3n) is 10.9. The van der Waals surface area contributed by atoms with E-state index in [1.54, 1.807) is 0 Å². The summed E-state index contributed by atoms with van der Waals surface area (Å²) in [5, 5.41) is 24.8. The summed E-state index contributed by atoms with van der Waals surface area (Å²) in [6.45, 7) is 9.95. The number of aliphatic hydroxyl groups is 2. The van der Waals surface area contributed by atoms with Gasteiger partial charge >= 0.3 is 6.09 Å². The normalized spacial score (nSPS) is 39.2. The zero-order chi connectivity index (χ0) is 29.2. The number of carbonyl (C=O) groups excluding carboxylic acids is 3. The van der Waals surface area contributed by atoms with Gasteiger partial charge in [-0.2, -0.15) is 0 Å². The number of rotatable bonds is 3. The Labute approximate surface area is 232 Å². The summed E-state index contributed by atoms with van der Waals surface area (Å²) in [6, 6.07) is 1.40. The van der Waals surface area contributed by atoms with Crippen molar-refractivity contribution in [2.24, 2.45) is 34.0 Å². The van der Waals surface area contributed by atoms with Crippen LogP contribution in [0.3, 0.4) is 0 Å². The molecule has 5 rings (SSSR count). The van der Waals surface area contributed by atoms with E-state index < -0.39 is 58.0 Å². The number of fused-ring (bicyclic) bond motifs is 1. The molecule has 0 saturated heterocycles. The quantitative estimate of drug-likeness (QED) is 0.445. The van der Waals surface area contributed by atoms with Gasteiger partial charge in [-0.15, -0.1) is 0 Å². The van der Waals surface area contributed by atoms with Crippen LogP contribution in [0.5, 0.6) is 0 Å². The first kappa shape index (κ1) is 28.4. The number of amides is 2. The molecule has 3 saturated carbocycles. The predicted molar refractivity (Wildman–Crippen MR) is 144 cm³/mol. The highest BCUT2D eigenvalue weighted by atomic mass is 16.6. The van der Waals surface area contributed by atoms with Crippen LogP contribution >= 0.6 is 0 Å². The predicted octanol–water partition coefficient (Wildman–Crippen LogP) is 2.74. The van der Waals surface area contributed by atoms with Gasteiger partial charge in [0.1, 0.15) is 17.7 Å². The van der Waals surface area contributed by atoms with Gasteiger partial charge in [-0.3, -0.25) is 19.7 Å². The second-order valence-corrected chi connectivity index (χ2v) is 12.7. The molecule has 3 unspecified atom stereocenters. The van der Waals surface area contributed by atoms with Crippen molar-refractivity contribution in [2.45, 2.75) is 85.0 Å². The molecule has 40 heavy (non-hydrogen) atoms. The monoisotopic (exact) mass is 554 g/mol. The second kappa shape index (κ2) is 9.73. The van der Waals surface area contributed by atoms with Gasteiger partial charge in [-0.05, 0) is 60.8 Å². The molecule has 2 aromatic heterocycles. The number of ketones is 1. The number of aliphatic hydroxyl groups excluding tert-OH is 2. The standard InChI is InChI=1S/C29H38N4O7/c1-6-27(4)11-19(40-26(39)33-25(38)16-9-17-24(31-12-16)32-20(35)13-30-17)28(5)14(2)7-8-29(15(3)23(27)37)10-18(34)21(36)22(28)29/h9,12-15,18-19,22-23,34,37H,6-8,10-11H2,1-5H3,(H,31,32,35)(H,33,38,39)/t14?,15-,18-,19?,22?,23-,27+,28-,29-/m0/s1. The number of carbonyl (C=O) groups is 3. The molecular formula is C29H38N4O7. The van der Waals surface area contributed by atoms with E-state index in [-0.39, 0.29) is 40.8 Å². The lowest BCUT2D eigenvalue weighted by molar-refractivity contribution is -0.198. The van der Waals surface area contributed by atoms with E-state index in [4.69, 9.17) is 4.74 Å². The number of hydrogen-bond donors (Lipinski definition) is 4. The fraction of sp³-hybridized carbons (Fsp3) is 0.655. The van der Waals surface area contributed by atoms with Crippen molar-refractivity contribution in [1.29, 1.82) is 0 Å². The van der Waals surface area contributed by atoms with Crippen molar-refractivity contribution in [2.75, 3.05) is 0 Å². The minimum absolute atomic E-state index is 0.0187. The summed E-state index contributed by atoms with van der Waals surface area (Å²) in [4.78, 5) is 61.8. The lowest BCUT2D eigenvalue weighted by Crippen LogP contribution is -2.63. The number of nitrogens with one attached hydrogen (secondary N) is 2. The largest absolute Gasteiger partial charge is 0.445 e. The minimum atomic E-state index is -1.13. The molecule has 3 aliphatic carbocycles. The summed E-state index contributed by atoms with van der Waals surface area (Å²) in [5.41, 5.74) is -1.97. The van der Waals surface area contributed by atoms with Crippen molar-refractivity contribution < 1.29 is 29.3 Å². The van der Waals surface area contributed by atoms with Gasteiger partial charge in [-0.25, -0.2) is 14.8 Å². The van der Waals surface area contributed by atoms with E-state index in [0.717, 1.165) is 12.6 Å². The number of alkyl carbamates (subject to hydrolysis) is 1. The summed E-state index contributed by atoms with van der Waals surface area (Å²) < 4.78 is 6.05. The molecule has 2 bridgehead atoms. The topological polar surface area (TPSA) is 172 Å². The Hall–Kier alpha value is -3.18. The van der Waals surface area contributed by atoms with E-state index in [2.05, 4.69) is 20.3 Å². The Morgan fingerprint density at radius 1 is 1.15 bits per heavy atom. The fourth-order valence-electron chi connectivity index (χ4n) is 8.06. The molecular weight excluding hydrogens is 516 g/mol. The van der Waals surface area contributed by atoms with Crippen molar-refractivity contribution >= 4 is 28.9 Å². The van der Waals surface area contributed by atoms with E-state index in [9.17, 15) is 29.4 Å². The number of aromatic amines is 1. The summed E-state index contributed by atoms with van der Waals surface area (Å²) in [7, 11) is 0. The molecule has 11 nitrogen and oxygen atoms in total. The van der Waals surface area contributed by atoms with E-state index in [0.29, 0.717) is 19.3 Å². The molecule has 3 fully saturated rings.